The summed E-state index contributed by atoms with van der Waals surface area (Å²) >= 11 is 0. The van der Waals surface area contributed by atoms with Crippen LogP contribution in [-0.4, -0.2) is 23.8 Å². The summed E-state index contributed by atoms with van der Waals surface area (Å²) in [4.78, 5) is 0. The van der Waals surface area contributed by atoms with Crippen LogP contribution in [0.3, 0.4) is 0 Å². The Morgan fingerprint density at radius 2 is 1.94 bits per heavy atom. The highest BCUT2D eigenvalue weighted by Crippen LogP contribution is 2.25. The Labute approximate surface area is 110 Å². The van der Waals surface area contributed by atoms with Crippen molar-refractivity contribution in [2.45, 2.75) is 52.9 Å². The molecule has 2 atom stereocenters. The first-order valence-electron chi connectivity index (χ1n) is 6.64. The Morgan fingerprint density at radius 3 is 2.44 bits per heavy atom. The van der Waals surface area contributed by atoms with Gasteiger partial charge >= 0.3 is 0 Å². The molecule has 0 saturated carbocycles. The second-order valence-corrected chi connectivity index (χ2v) is 4.98. The van der Waals surface area contributed by atoms with Gasteiger partial charge in [-0.05, 0) is 57.5 Å². The first kappa shape index (κ1) is 15.0. The maximum atomic E-state index is 10.2. The fraction of sp³-hybridized carbons (Fsp3) is 0.600. The number of nitrogens with one attached hydrogen (secondary N) is 1. The SMILES string of the molecule is CCNC(C)C(O)c1ccc(OC(C)C)c(C)c1. The summed E-state index contributed by atoms with van der Waals surface area (Å²) in [7, 11) is 0. The maximum Gasteiger partial charge on any atom is 0.122 e. The van der Waals surface area contributed by atoms with Gasteiger partial charge in [0, 0.05) is 6.04 Å². The summed E-state index contributed by atoms with van der Waals surface area (Å²) in [6.45, 7) is 10.9. The van der Waals surface area contributed by atoms with Gasteiger partial charge in [-0.2, -0.15) is 0 Å². The monoisotopic (exact) mass is 251 g/mol. The second kappa shape index (κ2) is 6.76. The van der Waals surface area contributed by atoms with Crippen molar-refractivity contribution in [2.75, 3.05) is 6.54 Å². The van der Waals surface area contributed by atoms with Crippen molar-refractivity contribution in [2.24, 2.45) is 0 Å². The fourth-order valence-electron chi connectivity index (χ4n) is 1.97. The molecule has 2 N–H and O–H groups in total. The summed E-state index contributed by atoms with van der Waals surface area (Å²) in [6, 6.07) is 5.91. The molecule has 0 aliphatic heterocycles. The van der Waals surface area contributed by atoms with Crippen molar-refractivity contribution < 1.29 is 9.84 Å². The lowest BCUT2D eigenvalue weighted by atomic mass is 10.0. The van der Waals surface area contributed by atoms with Crippen LogP contribution in [-0.2, 0) is 0 Å². The minimum atomic E-state index is -0.489. The molecular formula is C15H25NO2. The van der Waals surface area contributed by atoms with Gasteiger partial charge in [0.2, 0.25) is 0 Å². The molecule has 102 valence electrons. The second-order valence-electron chi connectivity index (χ2n) is 4.98. The number of ether oxygens (including phenoxy) is 1. The lowest BCUT2D eigenvalue weighted by molar-refractivity contribution is 0.137. The van der Waals surface area contributed by atoms with Gasteiger partial charge in [-0.25, -0.2) is 0 Å². The molecule has 0 aliphatic carbocycles. The molecule has 0 amide bonds. The number of aliphatic hydroxyl groups excluding tert-OH is 1. The number of hydrogen-bond acceptors (Lipinski definition) is 3. The highest BCUT2D eigenvalue weighted by molar-refractivity contribution is 5.37. The van der Waals surface area contributed by atoms with Gasteiger partial charge in [0.05, 0.1) is 12.2 Å². The zero-order chi connectivity index (χ0) is 13.7. The lowest BCUT2D eigenvalue weighted by Crippen LogP contribution is -2.31. The Bertz CT molecular complexity index is 377. The molecule has 3 nitrogen and oxygen atoms in total. The number of rotatable bonds is 6. The van der Waals surface area contributed by atoms with Gasteiger partial charge in [0.1, 0.15) is 5.75 Å². The number of benzene rings is 1. The molecule has 0 fully saturated rings. The molecule has 2 unspecified atom stereocenters. The molecule has 18 heavy (non-hydrogen) atoms. The third-order valence-electron chi connectivity index (χ3n) is 2.90. The highest BCUT2D eigenvalue weighted by atomic mass is 16.5. The third kappa shape index (κ3) is 4.00. The quantitative estimate of drug-likeness (QED) is 0.817. The Kier molecular flexibility index (Phi) is 5.63. The van der Waals surface area contributed by atoms with E-state index in [2.05, 4.69) is 5.32 Å². The summed E-state index contributed by atoms with van der Waals surface area (Å²) in [6.07, 6.45) is -0.322. The van der Waals surface area contributed by atoms with Crippen LogP contribution >= 0.6 is 0 Å². The summed E-state index contributed by atoms with van der Waals surface area (Å²) < 4.78 is 5.69. The molecule has 0 bridgehead atoms. The third-order valence-corrected chi connectivity index (χ3v) is 2.90. The zero-order valence-corrected chi connectivity index (χ0v) is 12.0. The minimum absolute atomic E-state index is 0.0475. The van der Waals surface area contributed by atoms with Gasteiger partial charge in [0.15, 0.2) is 0 Å². The van der Waals surface area contributed by atoms with E-state index in [-0.39, 0.29) is 12.1 Å². The molecule has 0 aliphatic rings. The van der Waals surface area contributed by atoms with E-state index in [0.29, 0.717) is 0 Å². The van der Waals surface area contributed by atoms with Crippen LogP contribution in [0.25, 0.3) is 0 Å². The van der Waals surface area contributed by atoms with Gasteiger partial charge in [-0.15, -0.1) is 0 Å². The molecule has 0 radical (unpaired) electrons. The molecule has 0 spiro atoms. The Morgan fingerprint density at radius 1 is 1.28 bits per heavy atom. The van der Waals surface area contributed by atoms with Crippen molar-refractivity contribution in [3.05, 3.63) is 29.3 Å². The standard InChI is InChI=1S/C15H25NO2/c1-6-16-12(5)15(17)13-7-8-14(11(4)9-13)18-10(2)3/h7-10,12,15-17H,6H2,1-5H3. The molecule has 0 heterocycles. The topological polar surface area (TPSA) is 41.5 Å². The van der Waals surface area contributed by atoms with Gasteiger partial charge in [0.25, 0.3) is 0 Å². The van der Waals surface area contributed by atoms with Crippen molar-refractivity contribution in [1.82, 2.24) is 5.32 Å². The van der Waals surface area contributed by atoms with E-state index in [4.69, 9.17) is 4.74 Å². The summed E-state index contributed by atoms with van der Waals surface area (Å²) in [5.74, 6) is 0.886. The van der Waals surface area contributed by atoms with E-state index < -0.39 is 6.10 Å². The highest BCUT2D eigenvalue weighted by Gasteiger charge is 2.16. The average Bonchev–Trinajstić information content (AvgIpc) is 2.30. The number of hydrogen-bond donors (Lipinski definition) is 2. The van der Waals surface area contributed by atoms with Gasteiger partial charge < -0.3 is 15.2 Å². The van der Waals surface area contributed by atoms with Crippen molar-refractivity contribution >= 4 is 0 Å². The van der Waals surface area contributed by atoms with E-state index >= 15 is 0 Å². The van der Waals surface area contributed by atoms with Crippen LogP contribution in [0.2, 0.25) is 0 Å². The molecular weight excluding hydrogens is 226 g/mol. The van der Waals surface area contributed by atoms with Crippen molar-refractivity contribution in [1.29, 1.82) is 0 Å². The smallest absolute Gasteiger partial charge is 0.122 e. The van der Waals surface area contributed by atoms with E-state index in [9.17, 15) is 5.11 Å². The first-order valence-corrected chi connectivity index (χ1v) is 6.64. The van der Waals surface area contributed by atoms with Crippen LogP contribution in [0, 0.1) is 6.92 Å². The largest absolute Gasteiger partial charge is 0.491 e. The van der Waals surface area contributed by atoms with Crippen LogP contribution < -0.4 is 10.1 Å². The van der Waals surface area contributed by atoms with Gasteiger partial charge in [-0.3, -0.25) is 0 Å². The molecule has 1 rings (SSSR count). The number of likely N-dealkylation sites (N-methyl/N-ethyl adjacent to an activating group) is 1. The van der Waals surface area contributed by atoms with Gasteiger partial charge in [-0.1, -0.05) is 13.0 Å². The Hall–Kier alpha value is -1.06. The van der Waals surface area contributed by atoms with E-state index in [1.807, 2.05) is 52.8 Å². The number of aryl methyl sites for hydroxylation is 1. The zero-order valence-electron chi connectivity index (χ0n) is 12.0. The predicted octanol–water partition coefficient (Wildman–Crippen LogP) is 2.81. The van der Waals surface area contributed by atoms with Crippen molar-refractivity contribution in [3.63, 3.8) is 0 Å². The average molecular weight is 251 g/mol. The molecule has 0 saturated heterocycles. The maximum absolute atomic E-state index is 10.2. The molecule has 1 aromatic carbocycles. The Balaban J connectivity index is 2.83. The van der Waals surface area contributed by atoms with Crippen molar-refractivity contribution in [3.8, 4) is 5.75 Å². The van der Waals surface area contributed by atoms with E-state index in [1.54, 1.807) is 0 Å². The fourth-order valence-corrected chi connectivity index (χ4v) is 1.97. The lowest BCUT2D eigenvalue weighted by Gasteiger charge is -2.21. The molecule has 3 heteroatoms. The molecule has 1 aromatic rings. The minimum Gasteiger partial charge on any atom is -0.491 e. The normalized spacial score (nSPS) is 14.6. The first-order chi connectivity index (χ1) is 8.45. The number of aliphatic hydroxyl groups is 1. The van der Waals surface area contributed by atoms with Crippen LogP contribution in [0.4, 0.5) is 0 Å². The van der Waals surface area contributed by atoms with Crippen LogP contribution in [0.5, 0.6) is 5.75 Å². The van der Waals surface area contributed by atoms with E-state index in [0.717, 1.165) is 23.4 Å². The summed E-state index contributed by atoms with van der Waals surface area (Å²) in [5, 5.41) is 13.4. The van der Waals surface area contributed by atoms with E-state index in [1.165, 1.54) is 0 Å². The predicted molar refractivity (Wildman–Crippen MR) is 75.0 cm³/mol. The van der Waals surface area contributed by atoms with Crippen LogP contribution in [0.1, 0.15) is 44.9 Å². The molecule has 0 aromatic heterocycles. The summed E-state index contributed by atoms with van der Waals surface area (Å²) in [5.41, 5.74) is 1.99. The van der Waals surface area contributed by atoms with Crippen LogP contribution in [0.15, 0.2) is 18.2 Å².